The summed E-state index contributed by atoms with van der Waals surface area (Å²) < 4.78 is 16.2. The fraction of sp³-hybridized carbons (Fsp3) is 0.520. The lowest BCUT2D eigenvalue weighted by atomic mass is 10.1. The molecule has 1 fully saturated rings. The minimum absolute atomic E-state index is 0.152. The summed E-state index contributed by atoms with van der Waals surface area (Å²) in [6, 6.07) is 5.21. The van der Waals surface area contributed by atoms with Gasteiger partial charge in [-0.05, 0) is 63.9 Å². The molecule has 0 saturated carbocycles. The summed E-state index contributed by atoms with van der Waals surface area (Å²) in [4.78, 5) is 4.99. The summed E-state index contributed by atoms with van der Waals surface area (Å²) in [7, 11) is 0. The summed E-state index contributed by atoms with van der Waals surface area (Å²) in [5.74, 6) is -0.152. The van der Waals surface area contributed by atoms with E-state index in [0.29, 0.717) is 0 Å². The SMILES string of the molecule is CCN1CCN(Cc2cn(C/C=C(\C)CCC=C(C)C)c3ccc(F)cc23)CC1. The van der Waals surface area contributed by atoms with Crippen molar-refractivity contribution in [3.8, 4) is 0 Å². The number of nitrogens with zero attached hydrogens (tertiary/aromatic N) is 3. The van der Waals surface area contributed by atoms with Crippen molar-refractivity contribution in [3.05, 3.63) is 59.1 Å². The van der Waals surface area contributed by atoms with Gasteiger partial charge in [-0.15, -0.1) is 0 Å². The maximum atomic E-state index is 14.0. The van der Waals surface area contributed by atoms with Crippen LogP contribution in [0.3, 0.4) is 0 Å². The first-order chi connectivity index (χ1) is 14.0. The van der Waals surface area contributed by atoms with E-state index in [1.807, 2.05) is 6.07 Å². The van der Waals surface area contributed by atoms with E-state index in [0.717, 1.165) is 69.6 Å². The smallest absolute Gasteiger partial charge is 0.123 e. The van der Waals surface area contributed by atoms with Crippen LogP contribution in [0.2, 0.25) is 0 Å². The fourth-order valence-electron chi connectivity index (χ4n) is 4.07. The highest BCUT2D eigenvalue weighted by Gasteiger charge is 2.18. The first-order valence-corrected chi connectivity index (χ1v) is 11.0. The summed E-state index contributed by atoms with van der Waals surface area (Å²) in [6.07, 6.45) is 9.02. The van der Waals surface area contributed by atoms with Crippen molar-refractivity contribution in [1.29, 1.82) is 0 Å². The normalized spacial score (nSPS) is 16.5. The van der Waals surface area contributed by atoms with Gasteiger partial charge in [0.25, 0.3) is 0 Å². The van der Waals surface area contributed by atoms with Crippen LogP contribution in [-0.4, -0.2) is 47.1 Å². The number of rotatable bonds is 8. The Bertz CT molecular complexity index is 866. The molecule has 0 bridgehead atoms. The highest BCUT2D eigenvalue weighted by molar-refractivity contribution is 5.84. The van der Waals surface area contributed by atoms with Crippen molar-refractivity contribution in [2.45, 2.75) is 53.6 Å². The van der Waals surface area contributed by atoms with Gasteiger partial charge in [0.15, 0.2) is 0 Å². The topological polar surface area (TPSA) is 11.4 Å². The molecule has 1 saturated heterocycles. The van der Waals surface area contributed by atoms with Crippen molar-refractivity contribution in [3.63, 3.8) is 0 Å². The predicted molar refractivity (Wildman–Crippen MR) is 122 cm³/mol. The van der Waals surface area contributed by atoms with Crippen molar-refractivity contribution < 1.29 is 4.39 Å². The molecule has 0 spiro atoms. The maximum absolute atomic E-state index is 14.0. The third-order valence-electron chi connectivity index (χ3n) is 5.96. The average molecular weight is 398 g/mol. The minimum atomic E-state index is -0.152. The second-order valence-corrected chi connectivity index (χ2v) is 8.55. The Kier molecular flexibility index (Phi) is 7.68. The molecule has 0 radical (unpaired) electrons. The molecule has 0 N–H and O–H groups in total. The summed E-state index contributed by atoms with van der Waals surface area (Å²) in [6.45, 7) is 16.0. The zero-order valence-electron chi connectivity index (χ0n) is 18.5. The van der Waals surface area contributed by atoms with Gasteiger partial charge in [0.1, 0.15) is 5.82 Å². The molecule has 1 aliphatic heterocycles. The number of halogens is 1. The third-order valence-corrected chi connectivity index (χ3v) is 5.96. The van der Waals surface area contributed by atoms with Crippen molar-refractivity contribution in [2.75, 3.05) is 32.7 Å². The lowest BCUT2D eigenvalue weighted by Crippen LogP contribution is -2.45. The Morgan fingerprint density at radius 1 is 1.03 bits per heavy atom. The molecule has 0 unspecified atom stereocenters. The molecule has 1 aromatic carbocycles. The zero-order chi connectivity index (χ0) is 20.8. The van der Waals surface area contributed by atoms with Crippen LogP contribution in [0, 0.1) is 5.82 Å². The second-order valence-electron chi connectivity index (χ2n) is 8.55. The highest BCUT2D eigenvalue weighted by Crippen LogP contribution is 2.25. The molecule has 1 aromatic heterocycles. The van der Waals surface area contributed by atoms with E-state index in [4.69, 9.17) is 0 Å². The molecular weight excluding hydrogens is 361 g/mol. The number of likely N-dealkylation sites (N-methyl/N-ethyl adjacent to an activating group) is 1. The van der Waals surface area contributed by atoms with E-state index in [-0.39, 0.29) is 5.82 Å². The van der Waals surface area contributed by atoms with E-state index in [9.17, 15) is 4.39 Å². The van der Waals surface area contributed by atoms with E-state index in [1.54, 1.807) is 12.1 Å². The highest BCUT2D eigenvalue weighted by atomic mass is 19.1. The van der Waals surface area contributed by atoms with Crippen molar-refractivity contribution >= 4 is 10.9 Å². The largest absolute Gasteiger partial charge is 0.343 e. The molecule has 0 aliphatic carbocycles. The standard InChI is InChI=1S/C25H36FN3/c1-5-27-13-15-28(16-14-27)18-22-19-29(25-10-9-23(26)17-24(22)25)12-11-21(4)8-6-7-20(2)3/h7,9-11,17,19H,5-6,8,12-16,18H2,1-4H3/b21-11+. The fourth-order valence-corrected chi connectivity index (χ4v) is 4.07. The van der Waals surface area contributed by atoms with E-state index in [2.05, 4.69) is 60.4 Å². The van der Waals surface area contributed by atoms with Crippen LogP contribution < -0.4 is 0 Å². The summed E-state index contributed by atoms with van der Waals surface area (Å²) in [5.41, 5.74) is 5.14. The van der Waals surface area contributed by atoms with Gasteiger partial charge in [-0.1, -0.05) is 30.2 Å². The van der Waals surface area contributed by atoms with Gasteiger partial charge in [0.2, 0.25) is 0 Å². The lowest BCUT2D eigenvalue weighted by Gasteiger charge is -2.33. The second kappa shape index (κ2) is 10.2. The molecule has 3 rings (SSSR count). The van der Waals surface area contributed by atoms with Crippen LogP contribution >= 0.6 is 0 Å². The van der Waals surface area contributed by atoms with Crippen LogP contribution in [0.4, 0.5) is 4.39 Å². The van der Waals surface area contributed by atoms with Gasteiger partial charge in [-0.2, -0.15) is 0 Å². The Hall–Kier alpha value is -1.91. The van der Waals surface area contributed by atoms with Gasteiger partial charge < -0.3 is 9.47 Å². The summed E-state index contributed by atoms with van der Waals surface area (Å²) >= 11 is 0. The maximum Gasteiger partial charge on any atom is 0.123 e. The molecule has 2 heterocycles. The molecular formula is C25H36FN3. The Morgan fingerprint density at radius 2 is 1.76 bits per heavy atom. The minimum Gasteiger partial charge on any atom is -0.343 e. The molecule has 3 nitrogen and oxygen atoms in total. The van der Waals surface area contributed by atoms with Crippen molar-refractivity contribution in [1.82, 2.24) is 14.4 Å². The molecule has 0 atom stereocenters. The number of hydrogen-bond acceptors (Lipinski definition) is 2. The van der Waals surface area contributed by atoms with Crippen molar-refractivity contribution in [2.24, 2.45) is 0 Å². The van der Waals surface area contributed by atoms with Crippen LogP contribution in [0.1, 0.15) is 46.1 Å². The van der Waals surface area contributed by atoms with Gasteiger partial charge in [0, 0.05) is 56.4 Å². The zero-order valence-corrected chi connectivity index (χ0v) is 18.5. The first-order valence-electron chi connectivity index (χ1n) is 11.0. The average Bonchev–Trinajstić information content (AvgIpc) is 3.03. The molecule has 1 aliphatic rings. The molecule has 29 heavy (non-hydrogen) atoms. The number of allylic oxidation sites excluding steroid dienone is 4. The van der Waals surface area contributed by atoms with E-state index in [1.165, 1.54) is 16.7 Å². The predicted octanol–water partition coefficient (Wildman–Crippen LogP) is 5.61. The van der Waals surface area contributed by atoms with E-state index < -0.39 is 0 Å². The monoisotopic (exact) mass is 397 g/mol. The van der Waals surface area contributed by atoms with Crippen LogP contribution in [-0.2, 0) is 13.1 Å². The Morgan fingerprint density at radius 3 is 2.45 bits per heavy atom. The third kappa shape index (κ3) is 6.03. The van der Waals surface area contributed by atoms with E-state index >= 15 is 0 Å². The van der Waals surface area contributed by atoms with Gasteiger partial charge >= 0.3 is 0 Å². The van der Waals surface area contributed by atoms with Gasteiger partial charge in [-0.3, -0.25) is 4.90 Å². The Labute approximate surface area is 175 Å². The molecule has 0 amide bonds. The molecule has 4 heteroatoms. The lowest BCUT2D eigenvalue weighted by molar-refractivity contribution is 0.132. The number of aromatic nitrogens is 1. The number of benzene rings is 1. The molecule has 158 valence electrons. The van der Waals surface area contributed by atoms with Gasteiger partial charge in [-0.25, -0.2) is 4.39 Å². The van der Waals surface area contributed by atoms with Crippen LogP contribution in [0.5, 0.6) is 0 Å². The first kappa shape index (κ1) is 21.8. The summed E-state index contributed by atoms with van der Waals surface area (Å²) in [5, 5.41) is 1.05. The number of fused-ring (bicyclic) bond motifs is 1. The molecule has 2 aromatic rings. The number of hydrogen-bond donors (Lipinski definition) is 0. The Balaban J connectivity index is 1.74. The quantitative estimate of drug-likeness (QED) is 0.536. The van der Waals surface area contributed by atoms with Gasteiger partial charge in [0.05, 0.1) is 0 Å². The van der Waals surface area contributed by atoms with Crippen LogP contribution in [0.25, 0.3) is 10.9 Å². The van der Waals surface area contributed by atoms with Crippen LogP contribution in [0.15, 0.2) is 47.7 Å². The number of piperazine rings is 1.